The number of amides is 1. The Morgan fingerprint density at radius 2 is 2.05 bits per heavy atom. The smallest absolute Gasteiger partial charge is 0.307 e. The van der Waals surface area contributed by atoms with Crippen molar-refractivity contribution in [2.24, 2.45) is 18.9 Å². The van der Waals surface area contributed by atoms with E-state index in [1.54, 1.807) is 16.6 Å². The van der Waals surface area contributed by atoms with E-state index in [9.17, 15) is 14.7 Å². The predicted molar refractivity (Wildman–Crippen MR) is 72.8 cm³/mol. The van der Waals surface area contributed by atoms with Crippen molar-refractivity contribution in [2.45, 2.75) is 32.2 Å². The van der Waals surface area contributed by atoms with Gasteiger partial charge >= 0.3 is 5.97 Å². The maximum Gasteiger partial charge on any atom is 0.307 e. The zero-order valence-electron chi connectivity index (χ0n) is 12.0. The number of carboxylic acids is 1. The molecule has 0 bridgehead atoms. The molecule has 110 valence electrons. The van der Waals surface area contributed by atoms with Crippen LogP contribution in [0.1, 0.15) is 31.4 Å². The van der Waals surface area contributed by atoms with Crippen LogP contribution in [0.2, 0.25) is 0 Å². The van der Waals surface area contributed by atoms with Crippen LogP contribution in [-0.4, -0.2) is 38.7 Å². The zero-order chi connectivity index (χ0) is 14.7. The molecule has 0 aromatic carbocycles. The molecule has 0 saturated heterocycles. The maximum absolute atomic E-state index is 12.5. The Morgan fingerprint density at radius 3 is 2.60 bits per heavy atom. The molecule has 1 aromatic heterocycles. The molecule has 1 aliphatic carbocycles. The van der Waals surface area contributed by atoms with Crippen molar-refractivity contribution < 1.29 is 14.7 Å². The molecule has 6 heteroatoms. The molecule has 0 aliphatic heterocycles. The van der Waals surface area contributed by atoms with Gasteiger partial charge < -0.3 is 10.0 Å². The summed E-state index contributed by atoms with van der Waals surface area (Å²) in [7, 11) is 3.54. The maximum atomic E-state index is 12.5. The monoisotopic (exact) mass is 279 g/mol. The second-order valence-electron chi connectivity index (χ2n) is 5.51. The Kier molecular flexibility index (Phi) is 4.42. The third-order valence-corrected chi connectivity index (χ3v) is 3.94. The van der Waals surface area contributed by atoms with Crippen LogP contribution in [0, 0.1) is 11.8 Å². The van der Waals surface area contributed by atoms with Crippen LogP contribution < -0.4 is 0 Å². The summed E-state index contributed by atoms with van der Waals surface area (Å²) in [6, 6.07) is 1.86. The number of hydrogen-bond acceptors (Lipinski definition) is 3. The first kappa shape index (κ1) is 14.6. The van der Waals surface area contributed by atoms with Gasteiger partial charge in [-0.2, -0.15) is 5.10 Å². The molecule has 0 radical (unpaired) electrons. The predicted octanol–water partition coefficient (Wildman–Crippen LogP) is 1.27. The van der Waals surface area contributed by atoms with Gasteiger partial charge in [-0.25, -0.2) is 0 Å². The molecule has 2 unspecified atom stereocenters. The molecule has 2 rings (SSSR count). The van der Waals surface area contributed by atoms with Crippen molar-refractivity contribution in [1.29, 1.82) is 0 Å². The first-order chi connectivity index (χ1) is 9.49. The lowest BCUT2D eigenvalue weighted by molar-refractivity contribution is -0.152. The van der Waals surface area contributed by atoms with Gasteiger partial charge in [-0.1, -0.05) is 12.8 Å². The highest BCUT2D eigenvalue weighted by Gasteiger charge is 2.37. The standard InChI is InChI=1S/C14H21N3O3/c1-16(9-10-7-8-17(2)15-10)13(18)11-5-3-4-6-12(11)14(19)20/h7-8,11-12H,3-6,9H2,1-2H3,(H,19,20). The number of rotatable bonds is 4. The van der Waals surface area contributed by atoms with Gasteiger partial charge in [0, 0.05) is 20.3 Å². The van der Waals surface area contributed by atoms with Crippen LogP contribution in [0.5, 0.6) is 0 Å². The van der Waals surface area contributed by atoms with Gasteiger partial charge in [0.2, 0.25) is 5.91 Å². The van der Waals surface area contributed by atoms with E-state index in [1.165, 1.54) is 0 Å². The van der Waals surface area contributed by atoms with E-state index >= 15 is 0 Å². The molecule has 2 atom stereocenters. The summed E-state index contributed by atoms with van der Waals surface area (Å²) >= 11 is 0. The lowest BCUT2D eigenvalue weighted by Gasteiger charge is -2.30. The molecule has 1 aliphatic rings. The third kappa shape index (κ3) is 3.18. The van der Waals surface area contributed by atoms with Crippen molar-refractivity contribution in [3.05, 3.63) is 18.0 Å². The van der Waals surface area contributed by atoms with Crippen molar-refractivity contribution in [3.63, 3.8) is 0 Å². The van der Waals surface area contributed by atoms with E-state index in [0.717, 1.165) is 18.5 Å². The molecule has 1 heterocycles. The summed E-state index contributed by atoms with van der Waals surface area (Å²) in [5.41, 5.74) is 0.811. The molecular weight excluding hydrogens is 258 g/mol. The van der Waals surface area contributed by atoms with Crippen molar-refractivity contribution in [1.82, 2.24) is 14.7 Å². The molecule has 0 spiro atoms. The number of carbonyl (C=O) groups excluding carboxylic acids is 1. The van der Waals surface area contributed by atoms with Crippen molar-refractivity contribution in [2.75, 3.05) is 7.05 Å². The highest BCUT2D eigenvalue weighted by molar-refractivity contribution is 5.84. The molecule has 20 heavy (non-hydrogen) atoms. The van der Waals surface area contributed by atoms with Gasteiger partial charge in [-0.3, -0.25) is 14.3 Å². The molecule has 1 saturated carbocycles. The number of aromatic nitrogens is 2. The number of aryl methyl sites for hydroxylation is 1. The van der Waals surface area contributed by atoms with Crippen LogP contribution in [0.4, 0.5) is 0 Å². The minimum atomic E-state index is -0.853. The molecule has 1 N–H and O–H groups in total. The van der Waals surface area contributed by atoms with E-state index in [-0.39, 0.29) is 5.91 Å². The fourth-order valence-corrected chi connectivity index (χ4v) is 2.87. The second-order valence-corrected chi connectivity index (χ2v) is 5.51. The lowest BCUT2D eigenvalue weighted by Crippen LogP contribution is -2.40. The number of carbonyl (C=O) groups is 2. The normalized spacial score (nSPS) is 22.5. The Labute approximate surface area is 118 Å². The minimum Gasteiger partial charge on any atom is -0.481 e. The van der Waals surface area contributed by atoms with E-state index in [2.05, 4.69) is 5.10 Å². The van der Waals surface area contributed by atoms with Crippen LogP contribution in [0.25, 0.3) is 0 Å². The Bertz CT molecular complexity index is 498. The number of aliphatic carboxylic acids is 1. The largest absolute Gasteiger partial charge is 0.481 e. The van der Waals surface area contributed by atoms with Gasteiger partial charge in [0.25, 0.3) is 0 Å². The first-order valence-electron chi connectivity index (χ1n) is 6.95. The van der Waals surface area contributed by atoms with Gasteiger partial charge in [0.15, 0.2) is 0 Å². The summed E-state index contributed by atoms with van der Waals surface area (Å²) < 4.78 is 1.69. The molecule has 6 nitrogen and oxygen atoms in total. The Morgan fingerprint density at radius 1 is 1.40 bits per heavy atom. The summed E-state index contributed by atoms with van der Waals surface area (Å²) in [6.07, 6.45) is 4.92. The highest BCUT2D eigenvalue weighted by atomic mass is 16.4. The first-order valence-corrected chi connectivity index (χ1v) is 6.95. The lowest BCUT2D eigenvalue weighted by atomic mass is 9.78. The Balaban J connectivity index is 2.02. The number of hydrogen-bond donors (Lipinski definition) is 1. The van der Waals surface area contributed by atoms with Crippen LogP contribution in [-0.2, 0) is 23.2 Å². The third-order valence-electron chi connectivity index (χ3n) is 3.94. The van der Waals surface area contributed by atoms with Crippen molar-refractivity contribution in [3.8, 4) is 0 Å². The van der Waals surface area contributed by atoms with Crippen LogP contribution >= 0.6 is 0 Å². The molecular formula is C14H21N3O3. The van der Waals surface area contributed by atoms with E-state index in [1.807, 2.05) is 19.3 Å². The van der Waals surface area contributed by atoms with E-state index in [4.69, 9.17) is 0 Å². The number of carboxylic acid groups (broad SMARTS) is 1. The van der Waals surface area contributed by atoms with E-state index < -0.39 is 17.8 Å². The number of nitrogens with zero attached hydrogens (tertiary/aromatic N) is 3. The molecule has 1 fully saturated rings. The molecule has 1 aromatic rings. The van der Waals surface area contributed by atoms with Crippen LogP contribution in [0.3, 0.4) is 0 Å². The summed E-state index contributed by atoms with van der Waals surface area (Å²) in [5, 5.41) is 13.5. The van der Waals surface area contributed by atoms with E-state index in [0.29, 0.717) is 19.4 Å². The van der Waals surface area contributed by atoms with Crippen LogP contribution in [0.15, 0.2) is 12.3 Å². The van der Waals surface area contributed by atoms with Crippen molar-refractivity contribution >= 4 is 11.9 Å². The Hall–Kier alpha value is -1.85. The van der Waals surface area contributed by atoms with Gasteiger partial charge in [-0.15, -0.1) is 0 Å². The fourth-order valence-electron chi connectivity index (χ4n) is 2.87. The topological polar surface area (TPSA) is 75.4 Å². The average molecular weight is 279 g/mol. The quantitative estimate of drug-likeness (QED) is 0.900. The van der Waals surface area contributed by atoms with Gasteiger partial charge in [0.1, 0.15) is 0 Å². The summed E-state index contributed by atoms with van der Waals surface area (Å²) in [4.78, 5) is 25.3. The summed E-state index contributed by atoms with van der Waals surface area (Å²) in [5.74, 6) is -1.87. The highest BCUT2D eigenvalue weighted by Crippen LogP contribution is 2.31. The van der Waals surface area contributed by atoms with Gasteiger partial charge in [0.05, 0.1) is 24.1 Å². The summed E-state index contributed by atoms with van der Waals surface area (Å²) in [6.45, 7) is 0.419. The molecule has 1 amide bonds. The fraction of sp³-hybridized carbons (Fsp3) is 0.643. The zero-order valence-corrected chi connectivity index (χ0v) is 12.0. The minimum absolute atomic E-state index is 0.0808. The second kappa shape index (κ2) is 6.07. The SMILES string of the molecule is CN(Cc1ccn(C)n1)C(=O)C1CCCCC1C(=O)O. The average Bonchev–Trinajstić information content (AvgIpc) is 2.83. The van der Waals surface area contributed by atoms with Gasteiger partial charge in [-0.05, 0) is 18.9 Å².